The number of nitrogens with one attached hydrogen (secondary N) is 1. The van der Waals surface area contributed by atoms with Gasteiger partial charge in [-0.25, -0.2) is 4.68 Å². The number of amides is 1. The Morgan fingerprint density at radius 3 is 2.28 bits per heavy atom. The molecule has 1 N–H and O–H groups in total. The number of fused-ring (bicyclic) bond motifs is 1. The van der Waals surface area contributed by atoms with Crippen LogP contribution in [0.4, 0.5) is 5.82 Å². The average Bonchev–Trinajstić information content (AvgIpc) is 3.14. The molecule has 1 atom stereocenters. The molecule has 1 aliphatic heterocycles. The van der Waals surface area contributed by atoms with E-state index in [-0.39, 0.29) is 11.8 Å². The predicted molar refractivity (Wildman–Crippen MR) is 116 cm³/mol. The number of nitrogens with zero attached hydrogens (tertiary/aromatic N) is 2. The lowest BCUT2D eigenvalue weighted by Gasteiger charge is -2.25. The largest absolute Gasteiger partial charge is 0.310 e. The summed E-state index contributed by atoms with van der Waals surface area (Å²) in [7, 11) is 0. The van der Waals surface area contributed by atoms with E-state index in [4.69, 9.17) is 16.7 Å². The van der Waals surface area contributed by atoms with Crippen LogP contribution in [0.25, 0.3) is 16.9 Å². The molecule has 4 nitrogen and oxygen atoms in total. The summed E-state index contributed by atoms with van der Waals surface area (Å²) < 4.78 is 1.82. The summed E-state index contributed by atoms with van der Waals surface area (Å²) >= 11 is 6.54. The van der Waals surface area contributed by atoms with Gasteiger partial charge >= 0.3 is 0 Å². The summed E-state index contributed by atoms with van der Waals surface area (Å²) in [5, 5.41) is 8.64. The van der Waals surface area contributed by atoms with Crippen molar-refractivity contribution in [2.24, 2.45) is 0 Å². The van der Waals surface area contributed by atoms with Crippen molar-refractivity contribution in [3.05, 3.63) is 101 Å². The van der Waals surface area contributed by atoms with Crippen LogP contribution in [0.3, 0.4) is 0 Å². The van der Waals surface area contributed by atoms with Crippen LogP contribution in [0.1, 0.15) is 23.5 Å². The number of carbonyl (C=O) groups is 1. The van der Waals surface area contributed by atoms with Crippen molar-refractivity contribution in [3.8, 4) is 16.9 Å². The highest BCUT2D eigenvalue weighted by Gasteiger charge is 2.35. The van der Waals surface area contributed by atoms with Gasteiger partial charge in [0.2, 0.25) is 5.91 Å². The van der Waals surface area contributed by atoms with E-state index in [0.717, 1.165) is 28.1 Å². The van der Waals surface area contributed by atoms with Crippen LogP contribution in [0.2, 0.25) is 5.02 Å². The lowest BCUT2D eigenvalue weighted by Crippen LogP contribution is -2.25. The first-order valence-electron chi connectivity index (χ1n) is 9.50. The predicted octanol–water partition coefficient (Wildman–Crippen LogP) is 5.67. The maximum Gasteiger partial charge on any atom is 0.226 e. The highest BCUT2D eigenvalue weighted by atomic mass is 35.5. The third-order valence-electron chi connectivity index (χ3n) is 5.25. The highest BCUT2D eigenvalue weighted by Crippen LogP contribution is 2.45. The SMILES string of the molecule is O=C1C[C@H](c2ccccc2Cl)c2c(-c3ccccc3)nn(-c3ccccc3)c2N1. The van der Waals surface area contributed by atoms with Crippen LogP contribution in [-0.4, -0.2) is 15.7 Å². The molecular formula is C24H18ClN3O. The molecule has 4 aromatic rings. The lowest BCUT2D eigenvalue weighted by atomic mass is 9.84. The van der Waals surface area contributed by atoms with Gasteiger partial charge in [-0.3, -0.25) is 4.79 Å². The number of carbonyl (C=O) groups excluding carboxylic acids is 1. The van der Waals surface area contributed by atoms with E-state index in [1.54, 1.807) is 0 Å². The monoisotopic (exact) mass is 399 g/mol. The van der Waals surface area contributed by atoms with Gasteiger partial charge in [0.1, 0.15) is 5.82 Å². The summed E-state index contributed by atoms with van der Waals surface area (Å²) in [4.78, 5) is 12.7. The van der Waals surface area contributed by atoms with Crippen molar-refractivity contribution < 1.29 is 4.79 Å². The smallest absolute Gasteiger partial charge is 0.226 e. The number of hydrogen-bond donors (Lipinski definition) is 1. The van der Waals surface area contributed by atoms with Crippen molar-refractivity contribution in [1.82, 2.24) is 9.78 Å². The fourth-order valence-corrected chi connectivity index (χ4v) is 4.21. The van der Waals surface area contributed by atoms with Gasteiger partial charge in [-0.05, 0) is 23.8 Å². The van der Waals surface area contributed by atoms with Gasteiger partial charge in [0.05, 0.1) is 11.4 Å². The van der Waals surface area contributed by atoms with Crippen molar-refractivity contribution in [3.63, 3.8) is 0 Å². The molecule has 0 spiro atoms. The maximum atomic E-state index is 12.7. The minimum atomic E-state index is -0.167. The summed E-state index contributed by atoms with van der Waals surface area (Å²) in [6.07, 6.45) is 0.330. The van der Waals surface area contributed by atoms with Crippen molar-refractivity contribution in [2.45, 2.75) is 12.3 Å². The van der Waals surface area contributed by atoms with Gasteiger partial charge in [0.15, 0.2) is 0 Å². The number of anilines is 1. The van der Waals surface area contributed by atoms with Crippen molar-refractivity contribution in [1.29, 1.82) is 0 Å². The van der Waals surface area contributed by atoms with E-state index < -0.39 is 0 Å². The molecule has 5 rings (SSSR count). The molecular weight excluding hydrogens is 382 g/mol. The summed E-state index contributed by atoms with van der Waals surface area (Å²) in [5.74, 6) is 0.496. The topological polar surface area (TPSA) is 46.9 Å². The minimum Gasteiger partial charge on any atom is -0.310 e. The standard InChI is InChI=1S/C24H18ClN3O/c25-20-14-8-7-13-18(20)19-15-21(29)26-24-22(19)23(16-9-3-1-4-10-16)27-28(24)17-11-5-2-6-12-17/h1-14,19H,15H2,(H,26,29)/t19-/m1/s1. The van der Waals surface area contributed by atoms with E-state index in [1.165, 1.54) is 0 Å². The second-order valence-electron chi connectivity index (χ2n) is 7.05. The zero-order valence-corrected chi connectivity index (χ0v) is 16.3. The fraction of sp³-hybridized carbons (Fsp3) is 0.0833. The first kappa shape index (κ1) is 17.7. The van der Waals surface area contributed by atoms with Crippen LogP contribution >= 0.6 is 11.6 Å². The molecule has 0 aliphatic carbocycles. The molecule has 0 saturated carbocycles. The zero-order chi connectivity index (χ0) is 19.8. The van der Waals surface area contributed by atoms with Gasteiger partial charge in [-0.2, -0.15) is 5.10 Å². The van der Waals surface area contributed by atoms with Crippen molar-refractivity contribution >= 4 is 23.3 Å². The Balaban J connectivity index is 1.80. The zero-order valence-electron chi connectivity index (χ0n) is 15.5. The number of rotatable bonds is 3. The molecule has 1 amide bonds. The van der Waals surface area contributed by atoms with Crippen LogP contribution in [0, 0.1) is 0 Å². The molecule has 0 bridgehead atoms. The molecule has 2 heterocycles. The Bertz CT molecular complexity index is 1190. The molecule has 5 heteroatoms. The molecule has 142 valence electrons. The lowest BCUT2D eigenvalue weighted by molar-refractivity contribution is -0.116. The van der Waals surface area contributed by atoms with Crippen molar-refractivity contribution in [2.75, 3.05) is 5.32 Å². The molecule has 0 radical (unpaired) electrons. The molecule has 1 aromatic heterocycles. The normalized spacial score (nSPS) is 15.6. The van der Waals surface area contributed by atoms with Crippen LogP contribution in [-0.2, 0) is 4.79 Å². The Morgan fingerprint density at radius 2 is 1.55 bits per heavy atom. The molecule has 0 fully saturated rings. The molecule has 0 unspecified atom stereocenters. The molecule has 1 aliphatic rings. The van der Waals surface area contributed by atoms with E-state index in [1.807, 2.05) is 89.6 Å². The number of para-hydroxylation sites is 1. The highest BCUT2D eigenvalue weighted by molar-refractivity contribution is 6.31. The second kappa shape index (κ2) is 7.22. The number of hydrogen-bond acceptors (Lipinski definition) is 2. The first-order chi connectivity index (χ1) is 14.2. The van der Waals surface area contributed by atoms with Gasteiger partial charge < -0.3 is 5.32 Å². The van der Waals surface area contributed by atoms with Crippen LogP contribution < -0.4 is 5.32 Å². The molecule has 29 heavy (non-hydrogen) atoms. The Labute approximate surface area is 173 Å². The fourth-order valence-electron chi connectivity index (χ4n) is 3.94. The van der Waals surface area contributed by atoms with Crippen LogP contribution in [0.15, 0.2) is 84.9 Å². The maximum absolute atomic E-state index is 12.7. The third-order valence-corrected chi connectivity index (χ3v) is 5.59. The number of aromatic nitrogens is 2. The summed E-state index contributed by atoms with van der Waals surface area (Å²) in [6.45, 7) is 0. The van der Waals surface area contributed by atoms with E-state index in [2.05, 4.69) is 5.32 Å². The van der Waals surface area contributed by atoms with E-state index in [9.17, 15) is 4.79 Å². The van der Waals surface area contributed by atoms with Gasteiger partial charge in [-0.1, -0.05) is 78.3 Å². The van der Waals surface area contributed by atoms with E-state index >= 15 is 0 Å². The number of halogens is 1. The average molecular weight is 400 g/mol. The Hall–Kier alpha value is -3.37. The molecule has 3 aromatic carbocycles. The van der Waals surface area contributed by atoms with Gasteiger partial charge in [0, 0.05) is 28.5 Å². The second-order valence-corrected chi connectivity index (χ2v) is 7.46. The van der Waals surface area contributed by atoms with Crippen LogP contribution in [0.5, 0.6) is 0 Å². The quantitative estimate of drug-likeness (QED) is 0.482. The van der Waals surface area contributed by atoms with Gasteiger partial charge in [0.25, 0.3) is 0 Å². The molecule has 0 saturated heterocycles. The number of benzene rings is 3. The van der Waals surface area contributed by atoms with E-state index in [0.29, 0.717) is 17.3 Å². The third kappa shape index (κ3) is 3.12. The summed E-state index contributed by atoms with van der Waals surface area (Å²) in [6, 6.07) is 27.6. The first-order valence-corrected chi connectivity index (χ1v) is 9.88. The Morgan fingerprint density at radius 1 is 0.897 bits per heavy atom. The summed E-state index contributed by atoms with van der Waals surface area (Å²) in [5.41, 5.74) is 4.69. The Kier molecular flexibility index (Phi) is 4.41. The minimum absolute atomic E-state index is 0.0425. The van der Waals surface area contributed by atoms with Gasteiger partial charge in [-0.15, -0.1) is 0 Å².